The quantitative estimate of drug-likeness (QED) is 0.635. The van der Waals surface area contributed by atoms with Crippen LogP contribution in [0.3, 0.4) is 0 Å². The summed E-state index contributed by atoms with van der Waals surface area (Å²) in [6, 6.07) is 2.10. The van der Waals surface area contributed by atoms with Crippen molar-refractivity contribution in [3.05, 3.63) is 31.0 Å². The average molecular weight is 368 g/mol. The first-order valence-corrected chi connectivity index (χ1v) is 7.34. The molecule has 0 saturated heterocycles. The molecule has 6 heteroatoms. The van der Waals surface area contributed by atoms with E-state index in [2.05, 4.69) is 43.4 Å². The maximum atomic E-state index is 5.64. The van der Waals surface area contributed by atoms with Gasteiger partial charge in [-0.05, 0) is 56.3 Å². The van der Waals surface area contributed by atoms with Crippen molar-refractivity contribution in [1.82, 2.24) is 5.43 Å². The van der Waals surface area contributed by atoms with Gasteiger partial charge in [0, 0.05) is 5.56 Å². The van der Waals surface area contributed by atoms with Gasteiger partial charge < -0.3 is 4.74 Å². The first-order chi connectivity index (χ1) is 7.72. The van der Waals surface area contributed by atoms with Crippen molar-refractivity contribution in [2.75, 3.05) is 6.61 Å². The molecule has 1 aliphatic heterocycles. The van der Waals surface area contributed by atoms with Crippen molar-refractivity contribution in [3.8, 4) is 0 Å². The van der Waals surface area contributed by atoms with Gasteiger partial charge >= 0.3 is 0 Å². The lowest BCUT2D eigenvalue weighted by Gasteiger charge is -2.22. The number of thiophene rings is 1. The molecule has 0 bridgehead atoms. The molecule has 3 N–H and O–H groups in total. The summed E-state index contributed by atoms with van der Waals surface area (Å²) in [6.07, 6.45) is 3.90. The molecule has 16 heavy (non-hydrogen) atoms. The van der Waals surface area contributed by atoms with E-state index in [1.54, 1.807) is 11.3 Å². The van der Waals surface area contributed by atoms with E-state index in [1.807, 2.05) is 6.26 Å². The molecule has 1 unspecified atom stereocenters. The monoisotopic (exact) mass is 366 g/mol. The van der Waals surface area contributed by atoms with Crippen molar-refractivity contribution in [2.45, 2.75) is 18.9 Å². The zero-order chi connectivity index (χ0) is 11.5. The third-order valence-electron chi connectivity index (χ3n) is 2.49. The van der Waals surface area contributed by atoms with E-state index >= 15 is 0 Å². The fourth-order valence-corrected chi connectivity index (χ4v) is 4.65. The van der Waals surface area contributed by atoms with Gasteiger partial charge in [0.15, 0.2) is 0 Å². The summed E-state index contributed by atoms with van der Waals surface area (Å²) in [6.45, 7) is 0.801. The number of nitrogens with two attached hydrogens (primary N) is 1. The number of hydrogen-bond donors (Lipinski definition) is 2. The summed E-state index contributed by atoms with van der Waals surface area (Å²) >= 11 is 8.67. The molecule has 88 valence electrons. The van der Waals surface area contributed by atoms with E-state index in [0.29, 0.717) is 0 Å². The Bertz CT molecular complexity index is 406. The molecule has 0 fully saturated rings. The summed E-state index contributed by atoms with van der Waals surface area (Å²) in [5.74, 6) is 5.64. The third kappa shape index (κ3) is 2.68. The molecule has 1 atom stereocenters. The molecule has 3 nitrogen and oxygen atoms in total. The molecule has 2 rings (SSSR count). The van der Waals surface area contributed by atoms with Crippen LogP contribution in [0.4, 0.5) is 0 Å². The molecule has 0 spiro atoms. The predicted molar refractivity (Wildman–Crippen MR) is 73.1 cm³/mol. The summed E-state index contributed by atoms with van der Waals surface area (Å²) < 4.78 is 7.53. The summed E-state index contributed by atoms with van der Waals surface area (Å²) in [4.78, 5) is 0. The Morgan fingerprint density at radius 2 is 2.31 bits per heavy atom. The van der Waals surface area contributed by atoms with Crippen LogP contribution in [-0.4, -0.2) is 6.61 Å². The fourth-order valence-electron chi connectivity index (χ4n) is 1.74. The summed E-state index contributed by atoms with van der Waals surface area (Å²) in [5, 5.41) is 0. The standard InChI is InChI=1S/C10H12Br2N2OS/c11-8-4-7(10(12)16-8)9(14-13)6-2-1-3-15-5-6/h4-5,9,14H,1-3,13H2. The van der Waals surface area contributed by atoms with E-state index in [9.17, 15) is 0 Å². The second-order valence-electron chi connectivity index (χ2n) is 3.55. The smallest absolute Gasteiger partial charge is 0.0876 e. The first-order valence-electron chi connectivity index (χ1n) is 4.93. The minimum absolute atomic E-state index is 0.0252. The predicted octanol–water partition coefficient (Wildman–Crippen LogP) is 3.47. The van der Waals surface area contributed by atoms with E-state index in [-0.39, 0.29) is 6.04 Å². The van der Waals surface area contributed by atoms with Gasteiger partial charge in [-0.1, -0.05) is 0 Å². The van der Waals surface area contributed by atoms with E-state index in [1.165, 1.54) is 5.57 Å². The summed E-state index contributed by atoms with van der Waals surface area (Å²) in [7, 11) is 0. The van der Waals surface area contributed by atoms with Gasteiger partial charge in [0.25, 0.3) is 0 Å². The van der Waals surface area contributed by atoms with Gasteiger partial charge in [0.1, 0.15) is 0 Å². The minimum Gasteiger partial charge on any atom is -0.501 e. The molecule has 0 radical (unpaired) electrons. The van der Waals surface area contributed by atoms with E-state index in [0.717, 1.165) is 32.6 Å². The van der Waals surface area contributed by atoms with Gasteiger partial charge in [-0.25, -0.2) is 5.43 Å². The van der Waals surface area contributed by atoms with Crippen molar-refractivity contribution >= 4 is 43.2 Å². The van der Waals surface area contributed by atoms with Crippen LogP contribution in [0.15, 0.2) is 25.5 Å². The van der Waals surface area contributed by atoms with Crippen LogP contribution in [0, 0.1) is 0 Å². The molecular formula is C10H12Br2N2OS. The highest BCUT2D eigenvalue weighted by Crippen LogP contribution is 2.39. The highest BCUT2D eigenvalue weighted by Gasteiger charge is 2.21. The number of hydrogen-bond acceptors (Lipinski definition) is 4. The lowest BCUT2D eigenvalue weighted by Crippen LogP contribution is -2.30. The normalized spacial score (nSPS) is 17.8. The van der Waals surface area contributed by atoms with E-state index in [4.69, 9.17) is 10.6 Å². The van der Waals surface area contributed by atoms with Crippen LogP contribution in [0.2, 0.25) is 0 Å². The van der Waals surface area contributed by atoms with Gasteiger partial charge in [0.2, 0.25) is 0 Å². The Morgan fingerprint density at radius 1 is 1.50 bits per heavy atom. The van der Waals surface area contributed by atoms with Crippen molar-refractivity contribution in [2.24, 2.45) is 5.84 Å². The molecule has 0 aromatic carbocycles. The number of rotatable bonds is 3. The van der Waals surface area contributed by atoms with Crippen molar-refractivity contribution < 1.29 is 4.74 Å². The van der Waals surface area contributed by atoms with Crippen molar-refractivity contribution in [3.63, 3.8) is 0 Å². The highest BCUT2D eigenvalue weighted by molar-refractivity contribution is 9.12. The van der Waals surface area contributed by atoms with Gasteiger partial charge in [-0.3, -0.25) is 5.84 Å². The average Bonchev–Trinajstić information content (AvgIpc) is 2.61. The molecule has 1 aromatic rings. The van der Waals surface area contributed by atoms with Crippen LogP contribution in [-0.2, 0) is 4.74 Å². The number of nitrogens with one attached hydrogen (secondary N) is 1. The first kappa shape index (κ1) is 12.6. The molecule has 1 aromatic heterocycles. The van der Waals surface area contributed by atoms with Crippen LogP contribution < -0.4 is 11.3 Å². The van der Waals surface area contributed by atoms with E-state index < -0.39 is 0 Å². The Morgan fingerprint density at radius 3 is 2.81 bits per heavy atom. The Hall–Kier alpha value is 0.120. The molecule has 2 heterocycles. The Balaban J connectivity index is 2.28. The van der Waals surface area contributed by atoms with Crippen LogP contribution in [0.5, 0.6) is 0 Å². The highest BCUT2D eigenvalue weighted by atomic mass is 79.9. The molecular weight excluding hydrogens is 356 g/mol. The third-order valence-corrected chi connectivity index (χ3v) is 4.88. The second-order valence-corrected chi connectivity index (χ2v) is 7.30. The lowest BCUT2D eigenvalue weighted by molar-refractivity contribution is 0.219. The van der Waals surface area contributed by atoms with Gasteiger partial charge in [-0.15, -0.1) is 11.3 Å². The maximum Gasteiger partial charge on any atom is 0.0876 e. The number of halogens is 2. The molecule has 1 aliphatic rings. The topological polar surface area (TPSA) is 47.3 Å². The summed E-state index contributed by atoms with van der Waals surface area (Å²) in [5.41, 5.74) is 5.19. The van der Waals surface area contributed by atoms with Crippen LogP contribution in [0.1, 0.15) is 24.4 Å². The molecule has 0 aliphatic carbocycles. The Kier molecular flexibility index (Phi) is 4.43. The van der Waals surface area contributed by atoms with Crippen LogP contribution in [0.25, 0.3) is 0 Å². The van der Waals surface area contributed by atoms with Gasteiger partial charge in [0.05, 0.1) is 26.5 Å². The van der Waals surface area contributed by atoms with Crippen LogP contribution >= 0.6 is 43.2 Å². The zero-order valence-corrected chi connectivity index (χ0v) is 12.5. The zero-order valence-electron chi connectivity index (χ0n) is 8.50. The van der Waals surface area contributed by atoms with Crippen molar-refractivity contribution in [1.29, 1.82) is 0 Å². The SMILES string of the molecule is NNC(C1=COCCC1)c1cc(Br)sc1Br. The largest absolute Gasteiger partial charge is 0.501 e. The molecule has 0 amide bonds. The minimum atomic E-state index is 0.0252. The molecule has 0 saturated carbocycles. The Labute approximate surface area is 115 Å². The lowest BCUT2D eigenvalue weighted by atomic mass is 9.98. The second kappa shape index (κ2) is 5.64. The maximum absolute atomic E-state index is 5.64. The number of ether oxygens (including phenoxy) is 1. The fraction of sp³-hybridized carbons (Fsp3) is 0.400. The number of hydrazine groups is 1. The van der Waals surface area contributed by atoms with Gasteiger partial charge in [-0.2, -0.15) is 0 Å².